The summed E-state index contributed by atoms with van der Waals surface area (Å²) >= 11 is 9.38. The standard InChI is InChI=1S/C25H26ClN7O4S2/c1-14(34)27-20-6-4-18(39-20)23-22-16(28-25-33(22)30-15(2)38-25)7-8-32(23)21(35)13-37-17-3-5-19(29-24(17)26)31-9-11-36-12-10-31/h3-6,23H,7-13H2,1-2H3,(H,27,34). The van der Waals surface area contributed by atoms with Crippen molar-refractivity contribution in [2.75, 3.05) is 49.7 Å². The van der Waals surface area contributed by atoms with Gasteiger partial charge in [-0.1, -0.05) is 22.9 Å². The molecule has 1 atom stereocenters. The molecule has 2 aliphatic heterocycles. The monoisotopic (exact) mass is 587 g/mol. The first-order valence-corrected chi connectivity index (χ1v) is 14.5. The minimum absolute atomic E-state index is 0.152. The summed E-state index contributed by atoms with van der Waals surface area (Å²) in [7, 11) is 0. The van der Waals surface area contributed by atoms with Crippen LogP contribution >= 0.6 is 34.3 Å². The van der Waals surface area contributed by atoms with Crippen molar-refractivity contribution in [3.05, 3.63) is 50.7 Å². The predicted molar refractivity (Wildman–Crippen MR) is 149 cm³/mol. The summed E-state index contributed by atoms with van der Waals surface area (Å²) in [5.74, 6) is 0.750. The van der Waals surface area contributed by atoms with Crippen molar-refractivity contribution in [3.63, 3.8) is 0 Å². The number of hydrogen-bond donors (Lipinski definition) is 1. The third kappa shape index (κ3) is 5.19. The van der Waals surface area contributed by atoms with E-state index in [1.807, 2.05) is 29.6 Å². The first-order chi connectivity index (χ1) is 18.9. The quantitative estimate of drug-likeness (QED) is 0.341. The molecule has 204 valence electrons. The van der Waals surface area contributed by atoms with Gasteiger partial charge in [0.2, 0.25) is 10.9 Å². The summed E-state index contributed by atoms with van der Waals surface area (Å²) in [6, 6.07) is 6.94. The fraction of sp³-hybridized carbons (Fsp3) is 0.400. The fourth-order valence-electron chi connectivity index (χ4n) is 4.87. The maximum Gasteiger partial charge on any atom is 0.261 e. The largest absolute Gasteiger partial charge is 0.481 e. The summed E-state index contributed by atoms with van der Waals surface area (Å²) in [6.07, 6.45) is 0.604. The number of aryl methyl sites for hydroxylation is 1. The smallest absolute Gasteiger partial charge is 0.261 e. The number of nitrogens with one attached hydrogen (secondary N) is 1. The van der Waals surface area contributed by atoms with E-state index in [0.29, 0.717) is 36.9 Å². The molecule has 2 aliphatic rings. The zero-order chi connectivity index (χ0) is 27.1. The van der Waals surface area contributed by atoms with Crippen LogP contribution in [0.2, 0.25) is 5.15 Å². The second-order valence-corrected chi connectivity index (χ2v) is 11.9. The lowest BCUT2D eigenvalue weighted by molar-refractivity contribution is -0.135. The molecule has 0 spiro atoms. The average molecular weight is 588 g/mol. The lowest BCUT2D eigenvalue weighted by atomic mass is 10.0. The molecule has 0 saturated carbocycles. The van der Waals surface area contributed by atoms with Crippen molar-refractivity contribution in [2.24, 2.45) is 0 Å². The Kier molecular flexibility index (Phi) is 7.14. The average Bonchev–Trinajstić information content (AvgIpc) is 3.61. The number of carbonyl (C=O) groups is 2. The number of aromatic nitrogens is 4. The molecule has 1 fully saturated rings. The molecule has 39 heavy (non-hydrogen) atoms. The molecule has 6 rings (SSSR count). The Bertz CT molecular complexity index is 1540. The molecule has 6 heterocycles. The maximum absolute atomic E-state index is 13.6. The van der Waals surface area contributed by atoms with Gasteiger partial charge in [0.05, 0.1) is 29.6 Å². The number of halogens is 1. The first-order valence-electron chi connectivity index (χ1n) is 12.5. The number of ether oxygens (including phenoxy) is 2. The second kappa shape index (κ2) is 10.7. The van der Waals surface area contributed by atoms with Gasteiger partial charge in [-0.25, -0.2) is 14.5 Å². The van der Waals surface area contributed by atoms with E-state index in [1.165, 1.54) is 29.6 Å². The van der Waals surface area contributed by atoms with Gasteiger partial charge in [-0.05, 0) is 31.2 Å². The number of nitrogens with zero attached hydrogens (tertiary/aromatic N) is 6. The molecule has 11 nitrogen and oxygen atoms in total. The first kappa shape index (κ1) is 26.0. The number of fused-ring (bicyclic) bond motifs is 3. The molecule has 0 bridgehead atoms. The predicted octanol–water partition coefficient (Wildman–Crippen LogP) is 3.56. The summed E-state index contributed by atoms with van der Waals surface area (Å²) in [5.41, 5.74) is 1.78. The number of amides is 2. The highest BCUT2D eigenvalue weighted by Crippen LogP contribution is 2.40. The molecule has 0 aliphatic carbocycles. The number of morpholine rings is 1. The van der Waals surface area contributed by atoms with E-state index in [1.54, 1.807) is 11.0 Å². The van der Waals surface area contributed by atoms with Crippen LogP contribution in [0.4, 0.5) is 10.8 Å². The zero-order valence-corrected chi connectivity index (χ0v) is 23.7. The van der Waals surface area contributed by atoms with Crippen LogP contribution in [-0.2, 0) is 20.7 Å². The lowest BCUT2D eigenvalue weighted by Gasteiger charge is -2.34. The molecule has 0 aromatic carbocycles. The molecular weight excluding hydrogens is 562 g/mol. The molecule has 0 radical (unpaired) electrons. The Morgan fingerprint density at radius 3 is 2.74 bits per heavy atom. The molecule has 1 unspecified atom stereocenters. The number of hydrogen-bond acceptors (Lipinski definition) is 10. The number of thiophene rings is 1. The van der Waals surface area contributed by atoms with E-state index in [9.17, 15) is 9.59 Å². The van der Waals surface area contributed by atoms with Crippen LogP contribution in [0, 0.1) is 6.92 Å². The summed E-state index contributed by atoms with van der Waals surface area (Å²) in [5, 5.41) is 9.30. The number of rotatable bonds is 6. The third-order valence-electron chi connectivity index (χ3n) is 6.58. The SMILES string of the molecule is CC(=O)Nc1ccc(C2c3c(nc4sc(C)nn34)CCN2C(=O)COc2ccc(N3CCOCC3)nc2Cl)s1. The minimum atomic E-state index is -0.425. The zero-order valence-electron chi connectivity index (χ0n) is 21.3. The topological polar surface area (TPSA) is 114 Å². The molecule has 4 aromatic rings. The van der Waals surface area contributed by atoms with Crippen LogP contribution < -0.4 is 15.0 Å². The van der Waals surface area contributed by atoms with Gasteiger partial charge in [0.25, 0.3) is 5.91 Å². The van der Waals surface area contributed by atoms with Crippen molar-refractivity contribution < 1.29 is 19.1 Å². The summed E-state index contributed by atoms with van der Waals surface area (Å²) in [4.78, 5) is 40.1. The Balaban J connectivity index is 1.26. The van der Waals surface area contributed by atoms with E-state index in [4.69, 9.17) is 26.1 Å². The molecule has 14 heteroatoms. The minimum Gasteiger partial charge on any atom is -0.481 e. The molecule has 2 amide bonds. The molecular formula is C25H26ClN7O4S2. The van der Waals surface area contributed by atoms with Crippen molar-refractivity contribution >= 4 is 61.9 Å². The van der Waals surface area contributed by atoms with E-state index in [2.05, 4.69) is 20.3 Å². The van der Waals surface area contributed by atoms with Crippen LogP contribution in [0.3, 0.4) is 0 Å². The Labute approximate surface area is 237 Å². The number of imidazole rings is 1. The molecule has 1 N–H and O–H groups in total. The highest BCUT2D eigenvalue weighted by Gasteiger charge is 2.38. The highest BCUT2D eigenvalue weighted by atomic mass is 35.5. The summed E-state index contributed by atoms with van der Waals surface area (Å²) < 4.78 is 13.1. The van der Waals surface area contributed by atoms with Crippen molar-refractivity contribution in [2.45, 2.75) is 26.3 Å². The van der Waals surface area contributed by atoms with E-state index in [0.717, 1.165) is 45.1 Å². The maximum atomic E-state index is 13.6. The van der Waals surface area contributed by atoms with Crippen LogP contribution in [-0.4, -0.2) is 75.8 Å². The number of carbonyl (C=O) groups excluding carboxylic acids is 2. The van der Waals surface area contributed by atoms with Gasteiger partial charge in [0.15, 0.2) is 17.5 Å². The molecule has 4 aromatic heterocycles. The van der Waals surface area contributed by atoms with Gasteiger partial charge in [-0.3, -0.25) is 9.59 Å². The van der Waals surface area contributed by atoms with Crippen molar-refractivity contribution in [3.8, 4) is 5.75 Å². The van der Waals surface area contributed by atoms with Crippen LogP contribution in [0.25, 0.3) is 4.96 Å². The lowest BCUT2D eigenvalue weighted by Crippen LogP contribution is -2.43. The van der Waals surface area contributed by atoms with Gasteiger partial charge >= 0.3 is 0 Å². The highest BCUT2D eigenvalue weighted by molar-refractivity contribution is 7.16. The molecule has 1 saturated heterocycles. The van der Waals surface area contributed by atoms with Gasteiger partial charge in [-0.2, -0.15) is 5.10 Å². The third-order valence-corrected chi connectivity index (χ3v) is 8.73. The van der Waals surface area contributed by atoms with Crippen LogP contribution in [0.15, 0.2) is 24.3 Å². The Hall–Kier alpha value is -3.26. The number of anilines is 2. The van der Waals surface area contributed by atoms with E-state index in [-0.39, 0.29) is 23.6 Å². The van der Waals surface area contributed by atoms with Crippen molar-refractivity contribution in [1.82, 2.24) is 24.5 Å². The van der Waals surface area contributed by atoms with Gasteiger partial charge < -0.3 is 24.6 Å². The normalized spacial score (nSPS) is 17.4. The van der Waals surface area contributed by atoms with Gasteiger partial charge in [0, 0.05) is 37.9 Å². The Morgan fingerprint density at radius 2 is 1.97 bits per heavy atom. The van der Waals surface area contributed by atoms with Crippen molar-refractivity contribution in [1.29, 1.82) is 0 Å². The fourth-order valence-corrected chi connectivity index (χ4v) is 6.91. The van der Waals surface area contributed by atoms with Gasteiger partial charge in [0.1, 0.15) is 16.9 Å². The van der Waals surface area contributed by atoms with E-state index >= 15 is 0 Å². The summed E-state index contributed by atoms with van der Waals surface area (Å²) in [6.45, 7) is 6.45. The Morgan fingerprint density at radius 1 is 1.15 bits per heavy atom. The van der Waals surface area contributed by atoms with E-state index < -0.39 is 6.04 Å². The second-order valence-electron chi connectivity index (χ2n) is 9.23. The van der Waals surface area contributed by atoms with Crippen LogP contribution in [0.1, 0.15) is 34.2 Å². The van der Waals surface area contributed by atoms with Crippen LogP contribution in [0.5, 0.6) is 5.75 Å². The van der Waals surface area contributed by atoms with Gasteiger partial charge in [-0.15, -0.1) is 11.3 Å². The number of pyridine rings is 1.